The molecule has 1 aliphatic rings. The van der Waals surface area contributed by atoms with Crippen molar-refractivity contribution >= 4 is 11.6 Å². The first-order valence-corrected chi connectivity index (χ1v) is 8.25. The molecule has 3 heterocycles. The zero-order chi connectivity index (χ0) is 16.9. The van der Waals surface area contributed by atoms with E-state index in [9.17, 15) is 10.1 Å². The number of carbonyl (C=O) groups excluding carboxylic acids is 1. The quantitative estimate of drug-likeness (QED) is 0.809. The lowest BCUT2D eigenvalue weighted by molar-refractivity contribution is 0.0977. The molecule has 122 valence electrons. The zero-order valence-electron chi connectivity index (χ0n) is 13.7. The molecule has 1 atom stereocenters. The molecule has 0 N–H and O–H groups in total. The monoisotopic (exact) mass is 320 g/mol. The van der Waals surface area contributed by atoms with Gasteiger partial charge in [0.15, 0.2) is 11.7 Å². The van der Waals surface area contributed by atoms with Crippen LogP contribution in [-0.4, -0.2) is 28.8 Å². The van der Waals surface area contributed by atoms with Crippen LogP contribution in [0.4, 0.5) is 5.82 Å². The number of Topliss-reactive ketones (excluding diaryl/α,β-unsaturated/α-hetero) is 1. The van der Waals surface area contributed by atoms with Crippen LogP contribution in [0.5, 0.6) is 0 Å². The lowest BCUT2D eigenvalue weighted by Gasteiger charge is -2.31. The van der Waals surface area contributed by atoms with Crippen LogP contribution in [0, 0.1) is 17.2 Å². The number of rotatable bonds is 4. The topological polar surface area (TPSA) is 69.9 Å². The summed E-state index contributed by atoms with van der Waals surface area (Å²) in [6.07, 6.45) is 5.49. The Morgan fingerprint density at radius 3 is 2.62 bits per heavy atom. The smallest absolute Gasteiger partial charge is 0.187 e. The molecule has 0 bridgehead atoms. The Balaban J connectivity index is 1.75. The average Bonchev–Trinajstić information content (AvgIpc) is 2.64. The molecule has 3 rings (SSSR count). The molecule has 24 heavy (non-hydrogen) atoms. The highest BCUT2D eigenvalue weighted by Gasteiger charge is 2.24. The lowest BCUT2D eigenvalue weighted by Crippen LogP contribution is -2.33. The van der Waals surface area contributed by atoms with E-state index in [0.29, 0.717) is 11.3 Å². The van der Waals surface area contributed by atoms with E-state index in [1.165, 1.54) is 12.8 Å². The summed E-state index contributed by atoms with van der Waals surface area (Å²) in [6.45, 7) is 4.26. The minimum absolute atomic E-state index is 0.262. The Labute approximate surface area is 142 Å². The number of nitrogens with zero attached hydrogens (tertiary/aromatic N) is 4. The number of piperidine rings is 1. The van der Waals surface area contributed by atoms with Crippen LogP contribution in [0.25, 0.3) is 0 Å². The standard InChI is InChI=1S/C19H20N4O/c1-14-7-10-23(11-8-14)18-6-5-15(13-22-18)19(24)16(12-20)17-4-2-3-9-21-17/h2-6,9,13-14,16H,7-8,10-11H2,1H3/t16-/m0/s1. The fourth-order valence-corrected chi connectivity index (χ4v) is 2.93. The molecule has 0 spiro atoms. The van der Waals surface area contributed by atoms with Gasteiger partial charge < -0.3 is 4.90 Å². The van der Waals surface area contributed by atoms with Gasteiger partial charge in [0.05, 0.1) is 11.8 Å². The van der Waals surface area contributed by atoms with Crippen molar-refractivity contribution in [2.45, 2.75) is 25.7 Å². The fraction of sp³-hybridized carbons (Fsp3) is 0.368. The number of carbonyl (C=O) groups is 1. The van der Waals surface area contributed by atoms with Gasteiger partial charge >= 0.3 is 0 Å². The van der Waals surface area contributed by atoms with Crippen molar-refractivity contribution in [1.82, 2.24) is 9.97 Å². The summed E-state index contributed by atoms with van der Waals surface area (Å²) >= 11 is 0. The highest BCUT2D eigenvalue weighted by Crippen LogP contribution is 2.23. The summed E-state index contributed by atoms with van der Waals surface area (Å²) in [5.74, 6) is 0.499. The number of hydrogen-bond donors (Lipinski definition) is 0. The van der Waals surface area contributed by atoms with E-state index in [2.05, 4.69) is 21.8 Å². The molecule has 0 radical (unpaired) electrons. The van der Waals surface area contributed by atoms with Crippen LogP contribution >= 0.6 is 0 Å². The highest BCUT2D eigenvalue weighted by atomic mass is 16.1. The maximum absolute atomic E-state index is 12.6. The maximum atomic E-state index is 12.6. The van der Waals surface area contributed by atoms with Gasteiger partial charge in [-0.15, -0.1) is 0 Å². The minimum atomic E-state index is -0.894. The molecule has 0 aromatic carbocycles. The van der Waals surface area contributed by atoms with Crippen LogP contribution in [-0.2, 0) is 0 Å². The number of ketones is 1. The first kappa shape index (κ1) is 16.1. The van der Waals surface area contributed by atoms with Crippen molar-refractivity contribution in [3.63, 3.8) is 0 Å². The third-order valence-electron chi connectivity index (χ3n) is 4.51. The van der Waals surface area contributed by atoms with Gasteiger partial charge in [-0.05, 0) is 43.0 Å². The van der Waals surface area contributed by atoms with E-state index in [-0.39, 0.29) is 5.78 Å². The van der Waals surface area contributed by atoms with Gasteiger partial charge in [0.2, 0.25) is 0 Å². The van der Waals surface area contributed by atoms with Gasteiger partial charge in [0.1, 0.15) is 5.82 Å². The van der Waals surface area contributed by atoms with Crippen molar-refractivity contribution in [3.8, 4) is 6.07 Å². The molecule has 0 aliphatic carbocycles. The second-order valence-electron chi connectivity index (χ2n) is 6.26. The van der Waals surface area contributed by atoms with Crippen LogP contribution in [0.15, 0.2) is 42.7 Å². The second-order valence-corrected chi connectivity index (χ2v) is 6.26. The number of nitriles is 1. The van der Waals surface area contributed by atoms with Gasteiger partial charge in [-0.1, -0.05) is 13.0 Å². The summed E-state index contributed by atoms with van der Waals surface area (Å²) in [5, 5.41) is 9.36. The van der Waals surface area contributed by atoms with Crippen molar-refractivity contribution in [3.05, 3.63) is 54.0 Å². The number of anilines is 1. The van der Waals surface area contributed by atoms with Crippen molar-refractivity contribution < 1.29 is 4.79 Å². The molecule has 1 fully saturated rings. The van der Waals surface area contributed by atoms with Gasteiger partial charge in [-0.25, -0.2) is 4.98 Å². The summed E-state index contributed by atoms with van der Waals surface area (Å²) < 4.78 is 0. The summed E-state index contributed by atoms with van der Waals surface area (Å²) in [4.78, 5) is 23.4. The SMILES string of the molecule is CC1CCN(c2ccc(C(=O)[C@@H](C#N)c3ccccn3)cn2)CC1. The van der Waals surface area contributed by atoms with Gasteiger partial charge in [-0.2, -0.15) is 5.26 Å². The van der Waals surface area contributed by atoms with Gasteiger partial charge in [0.25, 0.3) is 0 Å². The highest BCUT2D eigenvalue weighted by molar-refractivity contribution is 6.02. The number of pyridine rings is 2. The van der Waals surface area contributed by atoms with E-state index >= 15 is 0 Å². The van der Waals surface area contributed by atoms with Gasteiger partial charge in [0, 0.05) is 31.0 Å². The Hall–Kier alpha value is -2.74. The Bertz CT molecular complexity index is 728. The Morgan fingerprint density at radius 1 is 1.25 bits per heavy atom. The molecular formula is C19H20N4O. The molecule has 2 aromatic rings. The number of aromatic nitrogens is 2. The van der Waals surface area contributed by atoms with Crippen LogP contribution in [0.1, 0.15) is 41.7 Å². The van der Waals surface area contributed by atoms with E-state index in [1.54, 1.807) is 36.7 Å². The second kappa shape index (κ2) is 7.22. The summed E-state index contributed by atoms with van der Waals surface area (Å²) in [6, 6.07) is 10.9. The van der Waals surface area contributed by atoms with Gasteiger partial charge in [-0.3, -0.25) is 9.78 Å². The lowest BCUT2D eigenvalue weighted by atomic mass is 9.96. The molecule has 0 unspecified atom stereocenters. The normalized spacial score (nSPS) is 16.4. The molecular weight excluding hydrogens is 300 g/mol. The molecule has 2 aromatic heterocycles. The fourth-order valence-electron chi connectivity index (χ4n) is 2.93. The molecule has 5 heteroatoms. The average molecular weight is 320 g/mol. The Kier molecular flexibility index (Phi) is 4.85. The Morgan fingerprint density at radius 2 is 2.04 bits per heavy atom. The number of hydrogen-bond acceptors (Lipinski definition) is 5. The predicted molar refractivity (Wildman–Crippen MR) is 91.8 cm³/mol. The molecule has 1 saturated heterocycles. The first-order chi connectivity index (χ1) is 11.7. The third kappa shape index (κ3) is 3.43. The van der Waals surface area contributed by atoms with E-state index in [4.69, 9.17) is 0 Å². The minimum Gasteiger partial charge on any atom is -0.357 e. The maximum Gasteiger partial charge on any atom is 0.187 e. The molecule has 5 nitrogen and oxygen atoms in total. The largest absolute Gasteiger partial charge is 0.357 e. The third-order valence-corrected chi connectivity index (χ3v) is 4.51. The van der Waals surface area contributed by atoms with Crippen molar-refractivity contribution in [2.75, 3.05) is 18.0 Å². The van der Waals surface area contributed by atoms with E-state index in [0.717, 1.165) is 24.8 Å². The van der Waals surface area contributed by atoms with Crippen molar-refractivity contribution in [2.24, 2.45) is 5.92 Å². The predicted octanol–water partition coefficient (Wildman–Crippen LogP) is 3.20. The molecule has 0 saturated carbocycles. The van der Waals surface area contributed by atoms with E-state index in [1.807, 2.05) is 12.1 Å². The zero-order valence-corrected chi connectivity index (χ0v) is 13.7. The van der Waals surface area contributed by atoms with E-state index < -0.39 is 5.92 Å². The van der Waals surface area contributed by atoms with Crippen LogP contribution in [0.3, 0.4) is 0 Å². The summed E-state index contributed by atoms with van der Waals surface area (Å²) in [7, 11) is 0. The van der Waals surface area contributed by atoms with Crippen molar-refractivity contribution in [1.29, 1.82) is 5.26 Å². The summed E-state index contributed by atoms with van der Waals surface area (Å²) in [5.41, 5.74) is 0.917. The molecule has 1 aliphatic heterocycles. The molecule has 0 amide bonds. The first-order valence-electron chi connectivity index (χ1n) is 8.25. The van der Waals surface area contributed by atoms with Crippen LogP contribution < -0.4 is 4.90 Å². The van der Waals surface area contributed by atoms with Crippen LogP contribution in [0.2, 0.25) is 0 Å².